The quantitative estimate of drug-likeness (QED) is 0.763. The second kappa shape index (κ2) is 2.97. The van der Waals surface area contributed by atoms with Gasteiger partial charge < -0.3 is 15.0 Å². The molecule has 15 heavy (non-hydrogen) atoms. The van der Waals surface area contributed by atoms with E-state index in [9.17, 15) is 0 Å². The summed E-state index contributed by atoms with van der Waals surface area (Å²) < 4.78 is 7.47. The molecule has 4 nitrogen and oxygen atoms in total. The van der Waals surface area contributed by atoms with Crippen LogP contribution in [0.1, 0.15) is 18.3 Å². The van der Waals surface area contributed by atoms with Crippen LogP contribution in [0.3, 0.4) is 0 Å². The highest BCUT2D eigenvalue weighted by atomic mass is 16.5. The summed E-state index contributed by atoms with van der Waals surface area (Å²) in [4.78, 5) is 4.56. The van der Waals surface area contributed by atoms with Gasteiger partial charge in [0.2, 0.25) is 0 Å². The van der Waals surface area contributed by atoms with Crippen LogP contribution in [0.15, 0.2) is 18.2 Å². The number of rotatable bonds is 1. The van der Waals surface area contributed by atoms with Gasteiger partial charge in [0.05, 0.1) is 18.7 Å². The van der Waals surface area contributed by atoms with Crippen molar-refractivity contribution in [3.8, 4) is 5.75 Å². The lowest BCUT2D eigenvalue weighted by molar-refractivity contribution is 0.419. The average molecular weight is 203 g/mol. The first-order valence-corrected chi connectivity index (χ1v) is 5.10. The Kier molecular flexibility index (Phi) is 1.73. The largest absolute Gasteiger partial charge is 0.494 e. The summed E-state index contributed by atoms with van der Waals surface area (Å²) in [5.74, 6) is 1.80. The van der Waals surface area contributed by atoms with Crippen LogP contribution in [0.5, 0.6) is 5.75 Å². The van der Waals surface area contributed by atoms with E-state index < -0.39 is 0 Å². The summed E-state index contributed by atoms with van der Waals surface area (Å²) in [7, 11) is 1.67. The fourth-order valence-electron chi connectivity index (χ4n) is 2.22. The van der Waals surface area contributed by atoms with Crippen molar-refractivity contribution in [2.75, 3.05) is 7.11 Å². The Bertz CT molecular complexity index is 518. The SMILES string of the molecule is COc1cccc2c1nc1n2CCC1N. The van der Waals surface area contributed by atoms with Crippen molar-refractivity contribution in [2.45, 2.75) is 19.0 Å². The standard InChI is InChI=1S/C11H13N3O/c1-15-9-4-2-3-8-10(9)13-11-7(12)5-6-14(8)11/h2-4,7H,5-6,12H2,1H3. The third-order valence-electron chi connectivity index (χ3n) is 2.99. The van der Waals surface area contributed by atoms with Gasteiger partial charge in [0.1, 0.15) is 17.1 Å². The third-order valence-corrected chi connectivity index (χ3v) is 2.99. The molecule has 2 aromatic rings. The first-order valence-electron chi connectivity index (χ1n) is 5.10. The van der Waals surface area contributed by atoms with Gasteiger partial charge >= 0.3 is 0 Å². The van der Waals surface area contributed by atoms with E-state index in [4.69, 9.17) is 10.5 Å². The minimum Gasteiger partial charge on any atom is -0.494 e. The Labute approximate surface area is 87.7 Å². The number of hydrogen-bond donors (Lipinski definition) is 1. The highest BCUT2D eigenvalue weighted by Gasteiger charge is 2.24. The van der Waals surface area contributed by atoms with Gasteiger partial charge in [0.25, 0.3) is 0 Å². The van der Waals surface area contributed by atoms with Gasteiger partial charge in [-0.05, 0) is 18.6 Å². The van der Waals surface area contributed by atoms with Gasteiger partial charge in [0, 0.05) is 6.54 Å². The number of aromatic nitrogens is 2. The molecule has 4 heteroatoms. The number of benzene rings is 1. The van der Waals surface area contributed by atoms with Gasteiger partial charge in [-0.3, -0.25) is 0 Å². The van der Waals surface area contributed by atoms with E-state index in [0.29, 0.717) is 0 Å². The van der Waals surface area contributed by atoms with E-state index >= 15 is 0 Å². The van der Waals surface area contributed by atoms with Crippen LogP contribution in [0.4, 0.5) is 0 Å². The summed E-state index contributed by atoms with van der Waals surface area (Å²) in [5.41, 5.74) is 8.02. The van der Waals surface area contributed by atoms with Gasteiger partial charge in [-0.15, -0.1) is 0 Å². The Hall–Kier alpha value is -1.55. The number of aryl methyl sites for hydroxylation is 1. The molecule has 0 spiro atoms. The predicted octanol–water partition coefficient (Wildman–Crippen LogP) is 1.45. The zero-order chi connectivity index (χ0) is 10.4. The zero-order valence-electron chi connectivity index (χ0n) is 8.60. The molecule has 0 fully saturated rings. The van der Waals surface area contributed by atoms with Crippen molar-refractivity contribution in [3.05, 3.63) is 24.0 Å². The Morgan fingerprint density at radius 1 is 1.53 bits per heavy atom. The average Bonchev–Trinajstić information content (AvgIpc) is 2.79. The molecular weight excluding hydrogens is 190 g/mol. The highest BCUT2D eigenvalue weighted by Crippen LogP contribution is 2.32. The summed E-state index contributed by atoms with van der Waals surface area (Å²) in [6.07, 6.45) is 0.982. The molecule has 0 saturated heterocycles. The molecule has 1 aliphatic heterocycles. The van der Waals surface area contributed by atoms with E-state index in [-0.39, 0.29) is 6.04 Å². The maximum Gasteiger partial charge on any atom is 0.146 e. The summed E-state index contributed by atoms with van der Waals surface area (Å²) in [6.45, 7) is 0.958. The van der Waals surface area contributed by atoms with Crippen LogP contribution in [-0.4, -0.2) is 16.7 Å². The Morgan fingerprint density at radius 3 is 3.20 bits per heavy atom. The Morgan fingerprint density at radius 2 is 2.40 bits per heavy atom. The van der Waals surface area contributed by atoms with E-state index in [1.54, 1.807) is 7.11 Å². The van der Waals surface area contributed by atoms with E-state index in [1.165, 1.54) is 0 Å². The van der Waals surface area contributed by atoms with Crippen LogP contribution >= 0.6 is 0 Å². The maximum atomic E-state index is 5.98. The minimum absolute atomic E-state index is 0.0714. The van der Waals surface area contributed by atoms with Gasteiger partial charge in [-0.1, -0.05) is 6.07 Å². The molecule has 2 N–H and O–H groups in total. The molecule has 0 aliphatic carbocycles. The van der Waals surface area contributed by atoms with Crippen molar-refractivity contribution in [2.24, 2.45) is 5.73 Å². The smallest absolute Gasteiger partial charge is 0.146 e. The second-order valence-electron chi connectivity index (χ2n) is 3.84. The maximum absolute atomic E-state index is 5.98. The lowest BCUT2D eigenvalue weighted by Gasteiger charge is -2.01. The van der Waals surface area contributed by atoms with Crippen molar-refractivity contribution >= 4 is 11.0 Å². The highest BCUT2D eigenvalue weighted by molar-refractivity contribution is 5.82. The van der Waals surface area contributed by atoms with Gasteiger partial charge in [-0.25, -0.2) is 4.98 Å². The van der Waals surface area contributed by atoms with Crippen molar-refractivity contribution in [3.63, 3.8) is 0 Å². The molecule has 3 rings (SSSR count). The van der Waals surface area contributed by atoms with Crippen LogP contribution in [0.2, 0.25) is 0 Å². The molecular formula is C11H13N3O. The molecule has 1 aromatic carbocycles. The number of nitrogens with two attached hydrogens (primary N) is 1. The minimum atomic E-state index is 0.0714. The molecule has 0 amide bonds. The molecule has 2 heterocycles. The first kappa shape index (κ1) is 8.73. The normalized spacial score (nSPS) is 19.5. The lowest BCUT2D eigenvalue weighted by Crippen LogP contribution is -2.06. The predicted molar refractivity (Wildman–Crippen MR) is 57.8 cm³/mol. The molecule has 1 aliphatic rings. The number of nitrogens with zero attached hydrogens (tertiary/aromatic N) is 2. The molecule has 0 saturated carbocycles. The summed E-state index contributed by atoms with van der Waals surface area (Å²) in [5, 5.41) is 0. The molecule has 1 aromatic heterocycles. The number of hydrogen-bond acceptors (Lipinski definition) is 3. The van der Waals surface area contributed by atoms with Gasteiger partial charge in [-0.2, -0.15) is 0 Å². The van der Waals surface area contributed by atoms with Crippen LogP contribution in [0, 0.1) is 0 Å². The number of imidazole rings is 1. The number of methoxy groups -OCH3 is 1. The van der Waals surface area contributed by atoms with Crippen LogP contribution in [-0.2, 0) is 6.54 Å². The lowest BCUT2D eigenvalue weighted by atomic mass is 10.2. The van der Waals surface area contributed by atoms with Crippen molar-refractivity contribution in [1.82, 2.24) is 9.55 Å². The molecule has 0 bridgehead atoms. The molecule has 1 atom stereocenters. The number of para-hydroxylation sites is 1. The Balaban J connectivity index is 2.33. The summed E-state index contributed by atoms with van der Waals surface area (Å²) >= 11 is 0. The van der Waals surface area contributed by atoms with E-state index in [0.717, 1.165) is 35.6 Å². The molecule has 0 radical (unpaired) electrons. The number of ether oxygens (including phenoxy) is 1. The topological polar surface area (TPSA) is 53.1 Å². The van der Waals surface area contributed by atoms with Gasteiger partial charge in [0.15, 0.2) is 0 Å². The first-order chi connectivity index (χ1) is 7.31. The number of fused-ring (bicyclic) bond motifs is 3. The summed E-state index contributed by atoms with van der Waals surface area (Å²) in [6, 6.07) is 6.05. The zero-order valence-corrected chi connectivity index (χ0v) is 8.60. The molecule has 1 unspecified atom stereocenters. The van der Waals surface area contributed by atoms with Crippen molar-refractivity contribution in [1.29, 1.82) is 0 Å². The van der Waals surface area contributed by atoms with E-state index in [1.807, 2.05) is 12.1 Å². The fraction of sp³-hybridized carbons (Fsp3) is 0.364. The molecule has 78 valence electrons. The monoisotopic (exact) mass is 203 g/mol. The van der Waals surface area contributed by atoms with Crippen molar-refractivity contribution < 1.29 is 4.74 Å². The fourth-order valence-corrected chi connectivity index (χ4v) is 2.22. The third kappa shape index (κ3) is 1.08. The van der Waals surface area contributed by atoms with E-state index in [2.05, 4.69) is 15.6 Å². The van der Waals surface area contributed by atoms with Crippen LogP contribution < -0.4 is 10.5 Å². The van der Waals surface area contributed by atoms with Crippen LogP contribution in [0.25, 0.3) is 11.0 Å². The second-order valence-corrected chi connectivity index (χ2v) is 3.84.